The van der Waals surface area contributed by atoms with Gasteiger partial charge in [0.2, 0.25) is 11.8 Å². The van der Waals surface area contributed by atoms with E-state index in [2.05, 4.69) is 0 Å². The van der Waals surface area contributed by atoms with Gasteiger partial charge in [-0.25, -0.2) is 4.79 Å². The van der Waals surface area contributed by atoms with Crippen LogP contribution in [-0.4, -0.2) is 63.9 Å². The molecule has 2 heterocycles. The number of nitrogens with two attached hydrogens (primary N) is 1. The Hall–Kier alpha value is -1.34. The molecule has 0 aromatic heterocycles. The minimum absolute atomic E-state index is 0. The summed E-state index contributed by atoms with van der Waals surface area (Å²) in [5, 5.41) is 9.25. The van der Waals surface area contributed by atoms with E-state index in [1.165, 1.54) is 4.90 Å². The van der Waals surface area contributed by atoms with Gasteiger partial charge in [0, 0.05) is 13.1 Å². The van der Waals surface area contributed by atoms with Gasteiger partial charge in [0.25, 0.3) is 0 Å². The van der Waals surface area contributed by atoms with E-state index in [1.54, 1.807) is 4.90 Å². The lowest BCUT2D eigenvalue weighted by atomic mass is 9.98. The lowest BCUT2D eigenvalue weighted by molar-refractivity contribution is -0.152. The number of carbonyl (C=O) groups is 3. The number of aliphatic carboxylic acids is 1. The molecule has 0 aromatic rings. The van der Waals surface area contributed by atoms with E-state index < -0.39 is 24.1 Å². The highest BCUT2D eigenvalue weighted by atomic mass is 35.5. The molecule has 2 saturated heterocycles. The van der Waals surface area contributed by atoms with Crippen LogP contribution in [0.15, 0.2) is 0 Å². The van der Waals surface area contributed by atoms with Crippen molar-refractivity contribution < 1.29 is 19.5 Å². The maximum atomic E-state index is 12.8. The molecule has 4 atom stereocenters. The van der Waals surface area contributed by atoms with Crippen LogP contribution in [0.3, 0.4) is 0 Å². The lowest BCUT2D eigenvalue weighted by Crippen LogP contribution is -2.55. The highest BCUT2D eigenvalue weighted by Crippen LogP contribution is 2.26. The number of hydrogen-bond acceptors (Lipinski definition) is 4. The van der Waals surface area contributed by atoms with Gasteiger partial charge in [-0.2, -0.15) is 0 Å². The smallest absolute Gasteiger partial charge is 0.326 e. The summed E-state index contributed by atoms with van der Waals surface area (Å²) in [6.45, 7) is 4.87. The molecule has 0 aliphatic carbocycles. The molecular formula is C16H28ClN3O4. The summed E-state index contributed by atoms with van der Waals surface area (Å²) in [5.41, 5.74) is 6.03. The standard InChI is InChI=1S/C16H27N3O4.ClH/c1-3-10(2)13(17)15(21)18-8-4-6-11(18)14(20)19-9-5-7-12(19)16(22)23;/h10-13H,3-9,17H2,1-2H3,(H,22,23);1H/t10-,11-,12-,13-;/m0./s1. The Morgan fingerprint density at radius 2 is 1.67 bits per heavy atom. The van der Waals surface area contributed by atoms with Gasteiger partial charge < -0.3 is 20.6 Å². The fourth-order valence-electron chi connectivity index (χ4n) is 3.45. The van der Waals surface area contributed by atoms with E-state index in [1.807, 2.05) is 13.8 Å². The Morgan fingerprint density at radius 3 is 2.21 bits per heavy atom. The zero-order valence-corrected chi connectivity index (χ0v) is 15.1. The van der Waals surface area contributed by atoms with Crippen LogP contribution in [0.25, 0.3) is 0 Å². The first kappa shape index (κ1) is 20.7. The molecule has 2 aliphatic heterocycles. The van der Waals surface area contributed by atoms with Gasteiger partial charge in [0.05, 0.1) is 6.04 Å². The summed E-state index contributed by atoms with van der Waals surface area (Å²) in [6.07, 6.45) is 3.30. The molecule has 0 unspecified atom stereocenters. The molecule has 3 N–H and O–H groups in total. The first-order chi connectivity index (χ1) is 10.9. The highest BCUT2D eigenvalue weighted by molar-refractivity contribution is 5.92. The van der Waals surface area contributed by atoms with Crippen LogP contribution < -0.4 is 5.73 Å². The monoisotopic (exact) mass is 361 g/mol. The largest absolute Gasteiger partial charge is 0.480 e. The minimum atomic E-state index is -0.969. The number of hydrogen-bond donors (Lipinski definition) is 2. The molecule has 2 amide bonds. The van der Waals surface area contributed by atoms with Crippen molar-refractivity contribution in [2.45, 2.75) is 64.1 Å². The summed E-state index contributed by atoms with van der Waals surface area (Å²) in [7, 11) is 0. The van der Waals surface area contributed by atoms with Crippen LogP contribution in [0.2, 0.25) is 0 Å². The Morgan fingerprint density at radius 1 is 1.12 bits per heavy atom. The van der Waals surface area contributed by atoms with Gasteiger partial charge >= 0.3 is 5.97 Å². The fraction of sp³-hybridized carbons (Fsp3) is 0.812. The van der Waals surface area contributed by atoms with Crippen molar-refractivity contribution in [1.82, 2.24) is 9.80 Å². The number of carboxylic acid groups (broad SMARTS) is 1. The Labute approximate surface area is 148 Å². The van der Waals surface area contributed by atoms with Crippen LogP contribution in [-0.2, 0) is 14.4 Å². The van der Waals surface area contributed by atoms with Crippen molar-refractivity contribution in [3.05, 3.63) is 0 Å². The molecule has 0 spiro atoms. The lowest BCUT2D eigenvalue weighted by Gasteiger charge is -2.32. The average Bonchev–Trinajstić information content (AvgIpc) is 3.20. The molecule has 0 radical (unpaired) electrons. The molecule has 2 aliphatic rings. The third-order valence-corrected chi connectivity index (χ3v) is 5.18. The molecule has 138 valence electrons. The topological polar surface area (TPSA) is 104 Å². The van der Waals surface area contributed by atoms with Crippen LogP contribution in [0.5, 0.6) is 0 Å². The van der Waals surface area contributed by atoms with Crippen molar-refractivity contribution in [3.8, 4) is 0 Å². The molecule has 0 bridgehead atoms. The van der Waals surface area contributed by atoms with Crippen LogP contribution in [0.1, 0.15) is 46.0 Å². The van der Waals surface area contributed by atoms with Gasteiger partial charge in [0.1, 0.15) is 12.1 Å². The van der Waals surface area contributed by atoms with Crippen molar-refractivity contribution in [1.29, 1.82) is 0 Å². The second-order valence-electron chi connectivity index (χ2n) is 6.63. The Bertz CT molecular complexity index is 488. The third kappa shape index (κ3) is 4.00. The predicted molar refractivity (Wildman–Crippen MR) is 91.8 cm³/mol. The number of likely N-dealkylation sites (tertiary alicyclic amines) is 2. The van der Waals surface area contributed by atoms with E-state index in [4.69, 9.17) is 5.73 Å². The second-order valence-corrected chi connectivity index (χ2v) is 6.63. The van der Waals surface area contributed by atoms with E-state index >= 15 is 0 Å². The summed E-state index contributed by atoms with van der Waals surface area (Å²) < 4.78 is 0. The maximum absolute atomic E-state index is 12.8. The quantitative estimate of drug-likeness (QED) is 0.755. The molecule has 0 aromatic carbocycles. The molecule has 8 heteroatoms. The molecule has 0 saturated carbocycles. The SMILES string of the molecule is CC[C@H](C)[C@H](N)C(=O)N1CCC[C@H]1C(=O)N1CCC[C@H]1C(=O)O.Cl. The number of carbonyl (C=O) groups excluding carboxylic acids is 2. The first-order valence-electron chi connectivity index (χ1n) is 8.47. The van der Waals surface area contributed by atoms with Crippen LogP contribution >= 0.6 is 12.4 Å². The van der Waals surface area contributed by atoms with Gasteiger partial charge in [-0.05, 0) is 31.6 Å². The normalized spacial score (nSPS) is 26.0. The number of amides is 2. The molecular weight excluding hydrogens is 334 g/mol. The summed E-state index contributed by atoms with van der Waals surface area (Å²) >= 11 is 0. The van der Waals surface area contributed by atoms with Gasteiger partial charge in [0.15, 0.2) is 0 Å². The summed E-state index contributed by atoms with van der Waals surface area (Å²) in [5.74, 6) is -1.35. The predicted octanol–water partition coefficient (Wildman–Crippen LogP) is 0.848. The highest BCUT2D eigenvalue weighted by Gasteiger charge is 2.43. The van der Waals surface area contributed by atoms with E-state index in [9.17, 15) is 19.5 Å². The van der Waals surface area contributed by atoms with E-state index in [0.717, 1.165) is 12.8 Å². The fourth-order valence-corrected chi connectivity index (χ4v) is 3.45. The van der Waals surface area contributed by atoms with Crippen molar-refractivity contribution >= 4 is 30.2 Å². The average molecular weight is 362 g/mol. The molecule has 2 rings (SSSR count). The van der Waals surface area contributed by atoms with Crippen molar-refractivity contribution in [2.24, 2.45) is 11.7 Å². The number of nitrogens with zero attached hydrogens (tertiary/aromatic N) is 2. The van der Waals surface area contributed by atoms with Crippen LogP contribution in [0, 0.1) is 5.92 Å². The molecule has 2 fully saturated rings. The first-order valence-corrected chi connectivity index (χ1v) is 8.47. The van der Waals surface area contributed by atoms with Gasteiger partial charge in [-0.15, -0.1) is 12.4 Å². The van der Waals surface area contributed by atoms with Crippen LogP contribution in [0.4, 0.5) is 0 Å². The van der Waals surface area contributed by atoms with Crippen molar-refractivity contribution in [3.63, 3.8) is 0 Å². The molecule has 7 nitrogen and oxygen atoms in total. The van der Waals surface area contributed by atoms with Gasteiger partial charge in [-0.1, -0.05) is 20.3 Å². The summed E-state index contributed by atoms with van der Waals surface area (Å²) in [6, 6.07) is -1.93. The number of carboxylic acids is 1. The molecule has 24 heavy (non-hydrogen) atoms. The minimum Gasteiger partial charge on any atom is -0.480 e. The van der Waals surface area contributed by atoms with Gasteiger partial charge in [-0.3, -0.25) is 9.59 Å². The van der Waals surface area contributed by atoms with E-state index in [-0.39, 0.29) is 30.1 Å². The maximum Gasteiger partial charge on any atom is 0.326 e. The summed E-state index contributed by atoms with van der Waals surface area (Å²) in [4.78, 5) is 39.7. The zero-order chi connectivity index (χ0) is 17.1. The third-order valence-electron chi connectivity index (χ3n) is 5.18. The Balaban J connectivity index is 0.00000288. The second kappa shape index (κ2) is 8.67. The number of rotatable bonds is 5. The van der Waals surface area contributed by atoms with Crippen molar-refractivity contribution in [2.75, 3.05) is 13.1 Å². The zero-order valence-electron chi connectivity index (χ0n) is 14.3. The number of halogens is 1. The Kier molecular flexibility index (Phi) is 7.48. The van der Waals surface area contributed by atoms with E-state index in [0.29, 0.717) is 32.4 Å².